The Morgan fingerprint density at radius 2 is 1.76 bits per heavy atom. The van der Waals surface area contributed by atoms with E-state index < -0.39 is 12.0 Å². The average Bonchev–Trinajstić information content (AvgIpc) is 2.49. The van der Waals surface area contributed by atoms with Gasteiger partial charge in [0.05, 0.1) is 13.0 Å². The van der Waals surface area contributed by atoms with E-state index in [1.54, 1.807) is 26.0 Å². The van der Waals surface area contributed by atoms with Gasteiger partial charge in [-0.1, -0.05) is 11.6 Å². The van der Waals surface area contributed by atoms with Crippen LogP contribution in [-0.4, -0.2) is 12.6 Å². The van der Waals surface area contributed by atoms with Gasteiger partial charge in [-0.2, -0.15) is 0 Å². The summed E-state index contributed by atoms with van der Waals surface area (Å²) in [6, 6.07) is 6.50. The van der Waals surface area contributed by atoms with Crippen LogP contribution in [0.2, 0.25) is 5.02 Å². The number of benzene rings is 2. The molecule has 0 radical (unpaired) electrons. The van der Waals surface area contributed by atoms with E-state index in [1.807, 2.05) is 26.0 Å². The van der Waals surface area contributed by atoms with E-state index in [0.29, 0.717) is 16.1 Å². The van der Waals surface area contributed by atoms with E-state index in [9.17, 15) is 9.18 Å². The van der Waals surface area contributed by atoms with Crippen molar-refractivity contribution in [2.24, 2.45) is 5.73 Å². The second-order valence-electron chi connectivity index (χ2n) is 6.23. The molecule has 0 aliphatic heterocycles. The Labute approximate surface area is 152 Å². The zero-order chi connectivity index (χ0) is 18.7. The number of ether oxygens (including phenoxy) is 1. The zero-order valence-corrected chi connectivity index (χ0v) is 15.7. The van der Waals surface area contributed by atoms with Crippen LogP contribution in [-0.2, 0) is 9.53 Å². The van der Waals surface area contributed by atoms with Gasteiger partial charge in [-0.3, -0.25) is 4.79 Å². The van der Waals surface area contributed by atoms with Gasteiger partial charge in [0.2, 0.25) is 0 Å². The Hall–Kier alpha value is -1.91. The summed E-state index contributed by atoms with van der Waals surface area (Å²) >= 11 is 6.10. The van der Waals surface area contributed by atoms with E-state index >= 15 is 0 Å². The van der Waals surface area contributed by atoms with Crippen molar-refractivity contribution in [3.05, 3.63) is 57.4 Å². The fourth-order valence-electron chi connectivity index (χ4n) is 3.09. The topological polar surface area (TPSA) is 52.3 Å². The highest BCUT2D eigenvalue weighted by Crippen LogP contribution is 2.34. The molecule has 0 saturated heterocycles. The number of rotatable bonds is 5. The van der Waals surface area contributed by atoms with Gasteiger partial charge in [0.25, 0.3) is 0 Å². The molecule has 0 aliphatic rings. The van der Waals surface area contributed by atoms with E-state index in [0.717, 1.165) is 22.3 Å². The van der Waals surface area contributed by atoms with Crippen LogP contribution in [0, 0.1) is 26.6 Å². The number of carbonyl (C=O) groups excluding carboxylic acids is 1. The molecule has 5 heteroatoms. The van der Waals surface area contributed by atoms with E-state index in [1.165, 1.54) is 0 Å². The summed E-state index contributed by atoms with van der Waals surface area (Å²) in [5, 5.41) is 0.664. The lowest BCUT2D eigenvalue weighted by Gasteiger charge is -2.18. The number of hydrogen-bond donors (Lipinski definition) is 1. The number of nitrogens with two attached hydrogens (primary N) is 1. The Morgan fingerprint density at radius 3 is 2.32 bits per heavy atom. The summed E-state index contributed by atoms with van der Waals surface area (Å²) in [5.74, 6) is -0.818. The highest BCUT2D eigenvalue weighted by Gasteiger charge is 2.20. The molecule has 0 aliphatic carbocycles. The third kappa shape index (κ3) is 4.39. The quantitative estimate of drug-likeness (QED) is 0.758. The first kappa shape index (κ1) is 19.4. The van der Waals surface area contributed by atoms with Crippen molar-refractivity contribution in [2.45, 2.75) is 40.2 Å². The summed E-state index contributed by atoms with van der Waals surface area (Å²) in [4.78, 5) is 11.7. The Balaban J connectivity index is 2.50. The molecule has 0 spiro atoms. The molecule has 0 saturated carbocycles. The molecule has 2 rings (SSSR count). The van der Waals surface area contributed by atoms with Crippen molar-refractivity contribution in [1.82, 2.24) is 0 Å². The molecule has 2 aromatic rings. The highest BCUT2D eigenvalue weighted by atomic mass is 35.5. The fraction of sp³-hybridized carbons (Fsp3) is 0.350. The van der Waals surface area contributed by atoms with Gasteiger partial charge in [0, 0.05) is 16.6 Å². The van der Waals surface area contributed by atoms with Crippen LogP contribution >= 0.6 is 11.6 Å². The Bertz CT molecular complexity index is 782. The molecular weight excluding hydrogens is 341 g/mol. The predicted molar refractivity (Wildman–Crippen MR) is 99.2 cm³/mol. The number of aryl methyl sites for hydroxylation is 3. The van der Waals surface area contributed by atoms with E-state index in [4.69, 9.17) is 22.1 Å². The minimum Gasteiger partial charge on any atom is -0.466 e. The molecule has 3 nitrogen and oxygen atoms in total. The molecule has 0 amide bonds. The molecule has 1 atom stereocenters. The highest BCUT2D eigenvalue weighted by molar-refractivity contribution is 6.30. The molecule has 25 heavy (non-hydrogen) atoms. The third-order valence-electron chi connectivity index (χ3n) is 4.16. The SMILES string of the molecule is CCOC(=O)CC(N)c1cc(-c2c(C)cc(Cl)cc2C)cc(C)c1F. The summed E-state index contributed by atoms with van der Waals surface area (Å²) in [7, 11) is 0. The minimum absolute atomic E-state index is 0.0633. The summed E-state index contributed by atoms with van der Waals surface area (Å²) in [5.41, 5.74) is 10.7. The minimum atomic E-state index is -0.759. The summed E-state index contributed by atoms with van der Waals surface area (Å²) in [6.07, 6.45) is -0.0633. The maximum Gasteiger partial charge on any atom is 0.307 e. The van der Waals surface area contributed by atoms with Gasteiger partial charge in [0.1, 0.15) is 5.82 Å². The van der Waals surface area contributed by atoms with Crippen LogP contribution in [0.15, 0.2) is 24.3 Å². The van der Waals surface area contributed by atoms with Crippen LogP contribution in [0.1, 0.15) is 41.6 Å². The first-order valence-corrected chi connectivity index (χ1v) is 8.60. The standard InChI is InChI=1S/C20H23ClFNO2/c1-5-25-18(24)10-17(23)16-9-14(6-13(4)20(16)22)19-11(2)7-15(21)8-12(19)3/h6-9,17H,5,10,23H2,1-4H3. The first-order valence-electron chi connectivity index (χ1n) is 8.23. The molecule has 0 fully saturated rings. The Kier molecular flexibility index (Phi) is 6.20. The van der Waals surface area contributed by atoms with Crippen LogP contribution in [0.25, 0.3) is 11.1 Å². The fourth-order valence-corrected chi connectivity index (χ4v) is 3.41. The lowest BCUT2D eigenvalue weighted by Crippen LogP contribution is -2.19. The molecule has 2 aromatic carbocycles. The van der Waals surface area contributed by atoms with Crippen molar-refractivity contribution in [3.63, 3.8) is 0 Å². The second kappa shape index (κ2) is 7.98. The zero-order valence-electron chi connectivity index (χ0n) is 15.0. The lowest BCUT2D eigenvalue weighted by molar-refractivity contribution is -0.143. The number of hydrogen-bond acceptors (Lipinski definition) is 3. The van der Waals surface area contributed by atoms with Crippen molar-refractivity contribution >= 4 is 17.6 Å². The van der Waals surface area contributed by atoms with Gasteiger partial charge >= 0.3 is 5.97 Å². The average molecular weight is 364 g/mol. The number of carbonyl (C=O) groups is 1. The van der Waals surface area contributed by atoms with Gasteiger partial charge in [-0.05, 0) is 79.8 Å². The Morgan fingerprint density at radius 1 is 1.16 bits per heavy atom. The molecule has 1 unspecified atom stereocenters. The van der Waals surface area contributed by atoms with Crippen molar-refractivity contribution in [1.29, 1.82) is 0 Å². The molecule has 0 heterocycles. The van der Waals surface area contributed by atoms with Crippen molar-refractivity contribution in [2.75, 3.05) is 6.61 Å². The van der Waals surface area contributed by atoms with Crippen LogP contribution in [0.4, 0.5) is 4.39 Å². The van der Waals surface area contributed by atoms with Gasteiger partial charge in [0.15, 0.2) is 0 Å². The molecular formula is C20H23ClFNO2. The second-order valence-corrected chi connectivity index (χ2v) is 6.66. The van der Waals surface area contributed by atoms with E-state index in [2.05, 4.69) is 0 Å². The molecule has 0 bridgehead atoms. The van der Waals surface area contributed by atoms with Gasteiger partial charge in [-0.25, -0.2) is 4.39 Å². The number of esters is 1. The van der Waals surface area contributed by atoms with Gasteiger partial charge in [-0.15, -0.1) is 0 Å². The van der Waals surface area contributed by atoms with Gasteiger partial charge < -0.3 is 10.5 Å². The maximum atomic E-state index is 14.6. The lowest BCUT2D eigenvalue weighted by atomic mass is 9.91. The molecule has 0 aromatic heterocycles. The molecule has 134 valence electrons. The maximum absolute atomic E-state index is 14.6. The first-order chi connectivity index (χ1) is 11.7. The van der Waals surface area contributed by atoms with Crippen molar-refractivity contribution in [3.8, 4) is 11.1 Å². The van der Waals surface area contributed by atoms with Crippen LogP contribution < -0.4 is 5.73 Å². The normalized spacial score (nSPS) is 12.1. The van der Waals surface area contributed by atoms with Crippen LogP contribution in [0.3, 0.4) is 0 Å². The summed E-state index contributed by atoms with van der Waals surface area (Å²) < 4.78 is 19.5. The van der Waals surface area contributed by atoms with E-state index in [-0.39, 0.29) is 18.8 Å². The third-order valence-corrected chi connectivity index (χ3v) is 4.38. The smallest absolute Gasteiger partial charge is 0.307 e. The number of halogens is 2. The molecule has 2 N–H and O–H groups in total. The van der Waals surface area contributed by atoms with Crippen molar-refractivity contribution < 1.29 is 13.9 Å². The predicted octanol–water partition coefficient (Wildman–Crippen LogP) is 5.02. The van der Waals surface area contributed by atoms with Crippen LogP contribution in [0.5, 0.6) is 0 Å². The monoisotopic (exact) mass is 363 g/mol. The largest absolute Gasteiger partial charge is 0.466 e. The summed E-state index contributed by atoms with van der Waals surface area (Å²) in [6.45, 7) is 7.62.